The van der Waals surface area contributed by atoms with Crippen LogP contribution in [0.2, 0.25) is 0 Å². The smallest absolute Gasteiger partial charge is 0.239 e. The van der Waals surface area contributed by atoms with Gasteiger partial charge in [0.2, 0.25) is 11.8 Å². The van der Waals surface area contributed by atoms with Crippen molar-refractivity contribution in [3.8, 4) is 0 Å². The van der Waals surface area contributed by atoms with Gasteiger partial charge in [-0.1, -0.05) is 24.3 Å². The molecule has 0 spiro atoms. The van der Waals surface area contributed by atoms with Crippen molar-refractivity contribution in [3.05, 3.63) is 35.4 Å². The summed E-state index contributed by atoms with van der Waals surface area (Å²) < 4.78 is 0. The van der Waals surface area contributed by atoms with E-state index in [1.54, 1.807) is 0 Å². The third kappa shape index (κ3) is 5.46. The Bertz CT molecular complexity index is 495. The standard InChI is InChI=1S/C16H24N4O2/c17-9-15(21)19-11-16(22)18-10-13-3-5-14(6-4-13)12-20-7-1-2-8-20/h3-6H,1-2,7-12,17H2,(H,18,22)(H,19,21). The molecule has 1 aromatic rings. The van der Waals surface area contributed by atoms with Gasteiger partial charge in [-0.05, 0) is 37.1 Å². The van der Waals surface area contributed by atoms with E-state index in [9.17, 15) is 9.59 Å². The van der Waals surface area contributed by atoms with Crippen LogP contribution in [0.25, 0.3) is 0 Å². The molecule has 0 atom stereocenters. The van der Waals surface area contributed by atoms with E-state index in [2.05, 4.69) is 27.7 Å². The molecule has 0 saturated carbocycles. The molecule has 1 fully saturated rings. The van der Waals surface area contributed by atoms with E-state index in [4.69, 9.17) is 5.73 Å². The summed E-state index contributed by atoms with van der Waals surface area (Å²) in [5, 5.41) is 5.20. The van der Waals surface area contributed by atoms with Crippen molar-refractivity contribution in [2.24, 2.45) is 5.73 Å². The zero-order chi connectivity index (χ0) is 15.8. The number of rotatable bonds is 7. The van der Waals surface area contributed by atoms with Crippen molar-refractivity contribution in [2.75, 3.05) is 26.2 Å². The summed E-state index contributed by atoms with van der Waals surface area (Å²) in [6.07, 6.45) is 2.59. The molecular weight excluding hydrogens is 280 g/mol. The quantitative estimate of drug-likeness (QED) is 0.660. The summed E-state index contributed by atoms with van der Waals surface area (Å²) in [6.45, 7) is 3.69. The Hall–Kier alpha value is -1.92. The average Bonchev–Trinajstić information content (AvgIpc) is 3.04. The highest BCUT2D eigenvalue weighted by Gasteiger charge is 2.11. The first-order valence-electron chi connectivity index (χ1n) is 7.71. The van der Waals surface area contributed by atoms with E-state index in [0.29, 0.717) is 6.54 Å². The molecule has 0 unspecified atom stereocenters. The van der Waals surface area contributed by atoms with Crippen LogP contribution < -0.4 is 16.4 Å². The van der Waals surface area contributed by atoms with Gasteiger partial charge in [-0.15, -0.1) is 0 Å². The minimum atomic E-state index is -0.332. The molecule has 2 amide bonds. The Balaban J connectivity index is 1.71. The summed E-state index contributed by atoms with van der Waals surface area (Å²) in [4.78, 5) is 25.0. The first-order chi connectivity index (χ1) is 10.7. The van der Waals surface area contributed by atoms with E-state index < -0.39 is 0 Å². The third-order valence-electron chi connectivity index (χ3n) is 3.75. The molecule has 6 nitrogen and oxygen atoms in total. The second-order valence-corrected chi connectivity index (χ2v) is 5.56. The van der Waals surface area contributed by atoms with Crippen LogP contribution in [0.15, 0.2) is 24.3 Å². The molecule has 1 aliphatic heterocycles. The second-order valence-electron chi connectivity index (χ2n) is 5.56. The highest BCUT2D eigenvalue weighted by molar-refractivity contribution is 5.85. The number of nitrogens with two attached hydrogens (primary N) is 1. The first-order valence-corrected chi connectivity index (χ1v) is 7.71. The summed E-state index contributed by atoms with van der Waals surface area (Å²) in [7, 11) is 0. The summed E-state index contributed by atoms with van der Waals surface area (Å²) in [6, 6.07) is 8.28. The van der Waals surface area contributed by atoms with Crippen LogP contribution in [0, 0.1) is 0 Å². The van der Waals surface area contributed by atoms with Gasteiger partial charge in [0, 0.05) is 13.1 Å². The number of benzene rings is 1. The summed E-state index contributed by atoms with van der Waals surface area (Å²) in [5.41, 5.74) is 7.49. The van der Waals surface area contributed by atoms with E-state index in [1.807, 2.05) is 12.1 Å². The van der Waals surface area contributed by atoms with Crippen LogP contribution in [0.1, 0.15) is 24.0 Å². The van der Waals surface area contributed by atoms with Gasteiger partial charge in [0.25, 0.3) is 0 Å². The van der Waals surface area contributed by atoms with Crippen molar-refractivity contribution in [2.45, 2.75) is 25.9 Å². The highest BCUT2D eigenvalue weighted by atomic mass is 16.2. The molecule has 0 aromatic heterocycles. The van der Waals surface area contributed by atoms with E-state index in [0.717, 1.165) is 12.1 Å². The highest BCUT2D eigenvalue weighted by Crippen LogP contribution is 2.13. The zero-order valence-electron chi connectivity index (χ0n) is 12.8. The second kappa shape index (κ2) is 8.51. The average molecular weight is 304 g/mol. The van der Waals surface area contributed by atoms with Crippen molar-refractivity contribution >= 4 is 11.8 Å². The lowest BCUT2D eigenvalue weighted by Gasteiger charge is -2.14. The maximum Gasteiger partial charge on any atom is 0.239 e. The van der Waals surface area contributed by atoms with Crippen LogP contribution in [0.3, 0.4) is 0 Å². The lowest BCUT2D eigenvalue weighted by molar-refractivity contribution is -0.125. The number of carbonyl (C=O) groups excluding carboxylic acids is 2. The monoisotopic (exact) mass is 304 g/mol. The van der Waals surface area contributed by atoms with Crippen LogP contribution in [0.5, 0.6) is 0 Å². The van der Waals surface area contributed by atoms with Crippen LogP contribution >= 0.6 is 0 Å². The normalized spacial score (nSPS) is 14.8. The largest absolute Gasteiger partial charge is 0.350 e. The fourth-order valence-electron chi connectivity index (χ4n) is 2.48. The fraction of sp³-hybridized carbons (Fsp3) is 0.500. The van der Waals surface area contributed by atoms with Gasteiger partial charge in [0.05, 0.1) is 13.1 Å². The molecule has 1 saturated heterocycles. The lowest BCUT2D eigenvalue weighted by atomic mass is 10.1. The minimum absolute atomic E-state index is 0.0386. The summed E-state index contributed by atoms with van der Waals surface area (Å²) >= 11 is 0. The van der Waals surface area contributed by atoms with Crippen LogP contribution in [0.4, 0.5) is 0 Å². The SMILES string of the molecule is NCC(=O)NCC(=O)NCc1ccc(CN2CCCC2)cc1. The molecule has 120 valence electrons. The molecule has 0 radical (unpaired) electrons. The van der Waals surface area contributed by atoms with Crippen molar-refractivity contribution in [1.29, 1.82) is 0 Å². The van der Waals surface area contributed by atoms with Gasteiger partial charge in [0.1, 0.15) is 0 Å². The maximum absolute atomic E-state index is 11.6. The van der Waals surface area contributed by atoms with Gasteiger partial charge >= 0.3 is 0 Å². The number of nitrogens with one attached hydrogen (secondary N) is 2. The zero-order valence-corrected chi connectivity index (χ0v) is 12.8. The predicted molar refractivity (Wildman–Crippen MR) is 84.9 cm³/mol. The van der Waals surface area contributed by atoms with Crippen LogP contribution in [-0.2, 0) is 22.7 Å². The molecule has 4 N–H and O–H groups in total. The molecule has 2 rings (SSSR count). The van der Waals surface area contributed by atoms with Crippen molar-refractivity contribution < 1.29 is 9.59 Å². The van der Waals surface area contributed by atoms with Gasteiger partial charge < -0.3 is 16.4 Å². The van der Waals surface area contributed by atoms with E-state index >= 15 is 0 Å². The van der Waals surface area contributed by atoms with Gasteiger partial charge in [0.15, 0.2) is 0 Å². The molecule has 1 aliphatic rings. The fourth-order valence-corrected chi connectivity index (χ4v) is 2.48. The molecule has 6 heteroatoms. The number of amides is 2. The third-order valence-corrected chi connectivity index (χ3v) is 3.75. The predicted octanol–water partition coefficient (Wildman–Crippen LogP) is -0.0265. The number of likely N-dealkylation sites (tertiary alicyclic amines) is 1. The molecule has 1 heterocycles. The van der Waals surface area contributed by atoms with E-state index in [1.165, 1.54) is 31.5 Å². The molecule has 1 aromatic carbocycles. The van der Waals surface area contributed by atoms with Crippen molar-refractivity contribution in [3.63, 3.8) is 0 Å². The Kier molecular flexibility index (Phi) is 6.36. The summed E-state index contributed by atoms with van der Waals surface area (Å²) in [5.74, 6) is -0.552. The lowest BCUT2D eigenvalue weighted by Crippen LogP contribution is -2.39. The topological polar surface area (TPSA) is 87.5 Å². The number of carbonyl (C=O) groups is 2. The Morgan fingerprint density at radius 1 is 1.00 bits per heavy atom. The molecule has 0 aliphatic carbocycles. The van der Waals surface area contributed by atoms with Gasteiger partial charge in [-0.25, -0.2) is 0 Å². The Morgan fingerprint density at radius 2 is 1.64 bits per heavy atom. The first kappa shape index (κ1) is 16.5. The van der Waals surface area contributed by atoms with E-state index in [-0.39, 0.29) is 24.9 Å². The molecule has 0 bridgehead atoms. The minimum Gasteiger partial charge on any atom is -0.350 e. The number of nitrogens with zero attached hydrogens (tertiary/aromatic N) is 1. The van der Waals surface area contributed by atoms with Crippen LogP contribution in [-0.4, -0.2) is 42.9 Å². The Morgan fingerprint density at radius 3 is 2.27 bits per heavy atom. The van der Waals surface area contributed by atoms with Gasteiger partial charge in [-0.3, -0.25) is 14.5 Å². The molecular formula is C16H24N4O2. The Labute approximate surface area is 131 Å². The maximum atomic E-state index is 11.6. The molecule has 22 heavy (non-hydrogen) atoms. The number of hydrogen-bond donors (Lipinski definition) is 3. The number of hydrogen-bond acceptors (Lipinski definition) is 4. The van der Waals surface area contributed by atoms with Crippen molar-refractivity contribution in [1.82, 2.24) is 15.5 Å². The van der Waals surface area contributed by atoms with Gasteiger partial charge in [-0.2, -0.15) is 0 Å².